The molecule has 31 heavy (non-hydrogen) atoms. The average molecular weight is 460 g/mol. The number of nitrogens with zero attached hydrogens (tertiary/aromatic N) is 2. The first-order valence-corrected chi connectivity index (χ1v) is 13.1. The van der Waals surface area contributed by atoms with Gasteiger partial charge in [0, 0.05) is 6.04 Å². The molecule has 0 amide bonds. The fourth-order valence-corrected chi connectivity index (χ4v) is 6.23. The molecule has 2 aromatic carbocycles. The van der Waals surface area contributed by atoms with Crippen molar-refractivity contribution in [3.63, 3.8) is 0 Å². The third kappa shape index (κ3) is 5.14. The number of nitrogens with two attached hydrogens (primary N) is 1. The van der Waals surface area contributed by atoms with Crippen LogP contribution in [0.1, 0.15) is 43.2 Å². The summed E-state index contributed by atoms with van der Waals surface area (Å²) in [7, 11) is -3.74. The third-order valence-corrected chi connectivity index (χ3v) is 8.29. The van der Waals surface area contributed by atoms with Crippen molar-refractivity contribution in [3.05, 3.63) is 59.7 Å². The van der Waals surface area contributed by atoms with Crippen LogP contribution < -0.4 is 5.14 Å². The van der Waals surface area contributed by atoms with Crippen LogP contribution >= 0.6 is 11.8 Å². The van der Waals surface area contributed by atoms with Gasteiger partial charge in [-0.15, -0.1) is 0 Å². The van der Waals surface area contributed by atoms with E-state index in [0.29, 0.717) is 5.69 Å². The molecule has 2 atom stereocenters. The molecule has 166 valence electrons. The highest BCUT2D eigenvalue weighted by atomic mass is 32.2. The number of hydrogen-bond donors (Lipinski definition) is 2. The maximum atomic E-state index is 11.5. The highest BCUT2D eigenvalue weighted by molar-refractivity contribution is 8.14. The summed E-state index contributed by atoms with van der Waals surface area (Å²) in [6, 6.07) is 14.8. The minimum absolute atomic E-state index is 0.00882. The number of rotatable bonds is 5. The van der Waals surface area contributed by atoms with Crippen LogP contribution in [0, 0.1) is 6.92 Å². The predicted octanol–water partition coefficient (Wildman–Crippen LogP) is 3.94. The summed E-state index contributed by atoms with van der Waals surface area (Å²) in [6.07, 6.45) is 5.84. The summed E-state index contributed by atoms with van der Waals surface area (Å²) in [5, 5.41) is 17.3. The molecule has 1 saturated carbocycles. The molecule has 2 unspecified atom stereocenters. The minimum atomic E-state index is -3.74. The van der Waals surface area contributed by atoms with E-state index in [0.717, 1.165) is 37.3 Å². The van der Waals surface area contributed by atoms with Gasteiger partial charge in [0.2, 0.25) is 10.0 Å². The molecule has 2 aromatic rings. The summed E-state index contributed by atoms with van der Waals surface area (Å²) in [5.74, 6) is 0. The van der Waals surface area contributed by atoms with Gasteiger partial charge in [-0.25, -0.2) is 18.5 Å². The second kappa shape index (κ2) is 9.32. The van der Waals surface area contributed by atoms with Crippen molar-refractivity contribution < 1.29 is 13.5 Å². The van der Waals surface area contributed by atoms with Crippen LogP contribution in [-0.4, -0.2) is 41.1 Å². The molecule has 1 aliphatic heterocycles. The number of aliphatic hydroxyl groups excluding tert-OH is 1. The van der Waals surface area contributed by atoms with Gasteiger partial charge in [0.15, 0.2) is 5.17 Å². The Labute approximate surface area is 188 Å². The molecule has 2 fully saturated rings. The lowest BCUT2D eigenvalue weighted by Gasteiger charge is -2.35. The van der Waals surface area contributed by atoms with E-state index >= 15 is 0 Å². The van der Waals surface area contributed by atoms with Gasteiger partial charge in [-0.3, -0.25) is 0 Å². The summed E-state index contributed by atoms with van der Waals surface area (Å²) in [5.41, 5.74) is 3.12. The molecule has 1 saturated heterocycles. The Kier molecular flexibility index (Phi) is 6.71. The SMILES string of the molecule is Cc1ccccc1CC1SC(=Nc2ccc(S(N)(=O)=O)cc2)N(C2CCCCC2)C1O. The molecule has 1 aliphatic carbocycles. The van der Waals surface area contributed by atoms with Gasteiger partial charge < -0.3 is 10.0 Å². The summed E-state index contributed by atoms with van der Waals surface area (Å²) in [4.78, 5) is 6.98. The van der Waals surface area contributed by atoms with E-state index in [-0.39, 0.29) is 16.2 Å². The lowest BCUT2D eigenvalue weighted by atomic mass is 9.94. The molecular weight excluding hydrogens is 430 g/mol. The topological polar surface area (TPSA) is 96.0 Å². The highest BCUT2D eigenvalue weighted by Gasteiger charge is 2.42. The molecular formula is C23H29N3O3S2. The Balaban J connectivity index is 1.63. The van der Waals surface area contributed by atoms with Crippen LogP contribution in [0.4, 0.5) is 5.69 Å². The normalized spacial score (nSPS) is 24.1. The van der Waals surface area contributed by atoms with E-state index in [1.807, 2.05) is 12.1 Å². The summed E-state index contributed by atoms with van der Waals surface area (Å²) in [6.45, 7) is 2.10. The molecule has 8 heteroatoms. The van der Waals surface area contributed by atoms with Gasteiger partial charge in [0.05, 0.1) is 15.8 Å². The van der Waals surface area contributed by atoms with Gasteiger partial charge in [0.25, 0.3) is 0 Å². The van der Waals surface area contributed by atoms with E-state index in [2.05, 4.69) is 24.0 Å². The quantitative estimate of drug-likeness (QED) is 0.706. The molecule has 0 radical (unpaired) electrons. The number of amidine groups is 1. The lowest BCUT2D eigenvalue weighted by Crippen LogP contribution is -2.45. The average Bonchev–Trinajstić information content (AvgIpc) is 3.05. The van der Waals surface area contributed by atoms with Crippen LogP contribution in [0.2, 0.25) is 0 Å². The number of thioether (sulfide) groups is 1. The molecule has 6 nitrogen and oxygen atoms in total. The van der Waals surface area contributed by atoms with Gasteiger partial charge >= 0.3 is 0 Å². The monoisotopic (exact) mass is 459 g/mol. The molecule has 2 aliphatic rings. The van der Waals surface area contributed by atoms with Crippen molar-refractivity contribution in [2.75, 3.05) is 0 Å². The standard InChI is InChI=1S/C23H29N3O3S2/c1-16-7-5-6-8-17(16)15-21-22(27)26(19-9-3-2-4-10-19)23(30-21)25-18-11-13-20(14-12-18)31(24,28)29/h5-8,11-14,19,21-22,27H,2-4,9-10,15H2,1H3,(H2,24,28,29). The Bertz CT molecular complexity index is 1050. The third-order valence-electron chi connectivity index (χ3n) is 6.14. The Morgan fingerprint density at radius 2 is 1.77 bits per heavy atom. The lowest BCUT2D eigenvalue weighted by molar-refractivity contribution is 0.0247. The number of primary sulfonamides is 1. The van der Waals surface area contributed by atoms with Crippen molar-refractivity contribution in [2.45, 2.75) is 67.9 Å². The zero-order valence-corrected chi connectivity index (χ0v) is 19.3. The van der Waals surface area contributed by atoms with Gasteiger partial charge in [0.1, 0.15) is 6.23 Å². The maximum Gasteiger partial charge on any atom is 0.238 e. The van der Waals surface area contributed by atoms with Gasteiger partial charge in [-0.1, -0.05) is 55.3 Å². The van der Waals surface area contributed by atoms with Crippen LogP contribution in [0.25, 0.3) is 0 Å². The van der Waals surface area contributed by atoms with Crippen LogP contribution in [0.5, 0.6) is 0 Å². The van der Waals surface area contributed by atoms with Crippen molar-refractivity contribution in [3.8, 4) is 0 Å². The molecule has 1 heterocycles. The molecule has 0 spiro atoms. The highest BCUT2D eigenvalue weighted by Crippen LogP contribution is 2.39. The molecule has 4 rings (SSSR count). The molecule has 0 aromatic heterocycles. The fraction of sp³-hybridized carbons (Fsp3) is 0.435. The summed E-state index contributed by atoms with van der Waals surface area (Å²) >= 11 is 1.61. The second-order valence-corrected chi connectivity index (χ2v) is 11.1. The number of hydrogen-bond acceptors (Lipinski definition) is 5. The molecule has 0 bridgehead atoms. The number of aliphatic hydroxyl groups is 1. The molecule has 3 N–H and O–H groups in total. The minimum Gasteiger partial charge on any atom is -0.372 e. The van der Waals surface area contributed by atoms with Gasteiger partial charge in [-0.2, -0.15) is 0 Å². The van der Waals surface area contributed by atoms with Crippen LogP contribution in [0.3, 0.4) is 0 Å². The number of aliphatic imine (C=N–C) groups is 1. The van der Waals surface area contributed by atoms with E-state index in [1.54, 1.807) is 23.9 Å². The van der Waals surface area contributed by atoms with E-state index in [1.165, 1.54) is 29.7 Å². The van der Waals surface area contributed by atoms with E-state index in [4.69, 9.17) is 10.1 Å². The Morgan fingerprint density at radius 3 is 2.42 bits per heavy atom. The first kappa shape index (κ1) is 22.3. The van der Waals surface area contributed by atoms with Crippen molar-refractivity contribution in [1.82, 2.24) is 4.90 Å². The van der Waals surface area contributed by atoms with Crippen LogP contribution in [0.15, 0.2) is 58.4 Å². The largest absolute Gasteiger partial charge is 0.372 e. The van der Waals surface area contributed by atoms with Gasteiger partial charge in [-0.05, 0) is 61.6 Å². The first-order chi connectivity index (χ1) is 14.8. The first-order valence-electron chi connectivity index (χ1n) is 10.7. The number of aryl methyl sites for hydroxylation is 1. The smallest absolute Gasteiger partial charge is 0.238 e. The fourth-order valence-electron chi connectivity index (χ4n) is 4.39. The Hall–Kier alpha value is -1.87. The van der Waals surface area contributed by atoms with Crippen molar-refractivity contribution in [1.29, 1.82) is 0 Å². The van der Waals surface area contributed by atoms with Crippen molar-refractivity contribution in [2.24, 2.45) is 10.1 Å². The summed E-state index contributed by atoms with van der Waals surface area (Å²) < 4.78 is 23.1. The second-order valence-electron chi connectivity index (χ2n) is 8.33. The zero-order chi connectivity index (χ0) is 22.0. The zero-order valence-electron chi connectivity index (χ0n) is 17.6. The Morgan fingerprint density at radius 1 is 1.10 bits per heavy atom. The number of sulfonamides is 1. The maximum absolute atomic E-state index is 11.5. The van der Waals surface area contributed by atoms with Crippen LogP contribution in [-0.2, 0) is 16.4 Å². The predicted molar refractivity (Wildman–Crippen MR) is 126 cm³/mol. The van der Waals surface area contributed by atoms with E-state index < -0.39 is 16.3 Å². The number of benzene rings is 2. The van der Waals surface area contributed by atoms with Crippen molar-refractivity contribution >= 4 is 32.6 Å². The van der Waals surface area contributed by atoms with E-state index in [9.17, 15) is 13.5 Å².